The van der Waals surface area contributed by atoms with Gasteiger partial charge in [0.1, 0.15) is 11.6 Å². The molecular weight excluding hydrogens is 337 g/mol. The Labute approximate surface area is 151 Å². The molecule has 1 unspecified atom stereocenters. The van der Waals surface area contributed by atoms with Crippen LogP contribution in [0.1, 0.15) is 29.7 Å². The number of nitrogens with one attached hydrogen (secondary N) is 3. The molecule has 7 heteroatoms. The van der Waals surface area contributed by atoms with Gasteiger partial charge in [-0.2, -0.15) is 0 Å². The Balaban J connectivity index is 1.85. The predicted octanol–water partition coefficient (Wildman–Crippen LogP) is 2.78. The Hall–Kier alpha value is -3.09. The van der Waals surface area contributed by atoms with Crippen molar-refractivity contribution in [2.75, 3.05) is 7.11 Å². The number of urea groups is 1. The largest absolute Gasteiger partial charge is 0.496 e. The normalized spacial score (nSPS) is 11.4. The summed E-state index contributed by atoms with van der Waals surface area (Å²) in [4.78, 5) is 23.8. The maximum absolute atomic E-state index is 12.8. The molecule has 0 heterocycles. The second-order valence-electron chi connectivity index (χ2n) is 5.92. The van der Waals surface area contributed by atoms with Crippen LogP contribution in [0.15, 0.2) is 42.5 Å². The summed E-state index contributed by atoms with van der Waals surface area (Å²) in [7, 11) is 1.57. The monoisotopic (exact) mass is 359 g/mol. The van der Waals surface area contributed by atoms with E-state index in [4.69, 9.17) is 4.74 Å². The van der Waals surface area contributed by atoms with Crippen molar-refractivity contribution in [3.05, 3.63) is 65.0 Å². The molecule has 2 aromatic carbocycles. The van der Waals surface area contributed by atoms with Crippen LogP contribution in [-0.4, -0.2) is 19.0 Å². The zero-order chi connectivity index (χ0) is 19.1. The second kappa shape index (κ2) is 8.84. The molecule has 26 heavy (non-hydrogen) atoms. The lowest BCUT2D eigenvalue weighted by Gasteiger charge is -2.18. The van der Waals surface area contributed by atoms with Crippen molar-refractivity contribution in [2.24, 2.45) is 0 Å². The van der Waals surface area contributed by atoms with Crippen LogP contribution in [0.2, 0.25) is 0 Å². The van der Waals surface area contributed by atoms with Crippen LogP contribution >= 0.6 is 0 Å². The Morgan fingerprint density at radius 2 is 1.81 bits per heavy atom. The quantitative estimate of drug-likeness (QED) is 0.718. The summed E-state index contributed by atoms with van der Waals surface area (Å²) in [5.74, 6) is -0.108. The van der Waals surface area contributed by atoms with Crippen molar-refractivity contribution in [2.45, 2.75) is 26.3 Å². The van der Waals surface area contributed by atoms with Crippen molar-refractivity contribution < 1.29 is 18.7 Å². The van der Waals surface area contributed by atoms with E-state index in [1.165, 1.54) is 24.3 Å². The molecule has 0 saturated heterocycles. The average molecular weight is 359 g/mol. The predicted molar refractivity (Wildman–Crippen MR) is 96.1 cm³/mol. The highest BCUT2D eigenvalue weighted by Crippen LogP contribution is 2.25. The molecule has 0 radical (unpaired) electrons. The molecule has 0 bridgehead atoms. The van der Waals surface area contributed by atoms with E-state index in [0.717, 1.165) is 11.1 Å². The molecule has 1 atom stereocenters. The zero-order valence-electron chi connectivity index (χ0n) is 14.9. The van der Waals surface area contributed by atoms with Gasteiger partial charge in [-0.05, 0) is 37.6 Å². The number of hydrogen-bond acceptors (Lipinski definition) is 3. The van der Waals surface area contributed by atoms with Gasteiger partial charge in [-0.15, -0.1) is 0 Å². The first kappa shape index (κ1) is 19.2. The summed E-state index contributed by atoms with van der Waals surface area (Å²) in [6.45, 7) is 3.77. The van der Waals surface area contributed by atoms with Crippen LogP contribution in [-0.2, 0) is 11.2 Å². The Bertz CT molecular complexity index is 778. The summed E-state index contributed by atoms with van der Waals surface area (Å²) in [6, 6.07) is 10.4. The standard InChI is InChI=1S/C19H22FN3O3/c1-12-4-9-17(26-3)16(10-12)13(2)21-19(25)23-22-18(24)11-14-5-7-15(20)8-6-14/h4-10,13H,11H2,1-3H3,(H,22,24)(H2,21,23,25). The van der Waals surface area contributed by atoms with Crippen LogP contribution in [0.4, 0.5) is 9.18 Å². The molecule has 2 rings (SSSR count). The van der Waals surface area contributed by atoms with Gasteiger partial charge in [0.2, 0.25) is 5.91 Å². The van der Waals surface area contributed by atoms with Gasteiger partial charge >= 0.3 is 6.03 Å². The molecule has 0 aliphatic carbocycles. The molecule has 0 aliphatic rings. The van der Waals surface area contributed by atoms with E-state index in [9.17, 15) is 14.0 Å². The van der Waals surface area contributed by atoms with Crippen LogP contribution in [0.5, 0.6) is 5.75 Å². The number of amides is 3. The van der Waals surface area contributed by atoms with E-state index in [0.29, 0.717) is 11.3 Å². The SMILES string of the molecule is COc1ccc(C)cc1C(C)NC(=O)NNC(=O)Cc1ccc(F)cc1. The van der Waals surface area contributed by atoms with Gasteiger partial charge in [-0.1, -0.05) is 29.8 Å². The number of carbonyl (C=O) groups excluding carboxylic acids is 2. The average Bonchev–Trinajstić information content (AvgIpc) is 2.62. The molecule has 3 amide bonds. The molecule has 138 valence electrons. The Kier molecular flexibility index (Phi) is 6.54. The lowest BCUT2D eigenvalue weighted by Crippen LogP contribution is -2.48. The first-order chi connectivity index (χ1) is 12.4. The fraction of sp³-hybridized carbons (Fsp3) is 0.263. The van der Waals surface area contributed by atoms with Gasteiger partial charge in [0.25, 0.3) is 0 Å². The minimum atomic E-state index is -0.548. The third-order valence-electron chi connectivity index (χ3n) is 3.79. The zero-order valence-corrected chi connectivity index (χ0v) is 14.9. The van der Waals surface area contributed by atoms with Gasteiger partial charge in [0, 0.05) is 5.56 Å². The molecule has 2 aromatic rings. The van der Waals surface area contributed by atoms with Crippen LogP contribution in [0, 0.1) is 12.7 Å². The number of benzene rings is 2. The first-order valence-corrected chi connectivity index (χ1v) is 8.13. The highest BCUT2D eigenvalue weighted by molar-refractivity contribution is 5.82. The van der Waals surface area contributed by atoms with Crippen molar-refractivity contribution in [3.8, 4) is 5.75 Å². The number of aryl methyl sites for hydroxylation is 1. The number of carbonyl (C=O) groups is 2. The lowest BCUT2D eigenvalue weighted by atomic mass is 10.0. The minimum absolute atomic E-state index is 0.0296. The number of hydrogen-bond donors (Lipinski definition) is 3. The minimum Gasteiger partial charge on any atom is -0.496 e. The maximum Gasteiger partial charge on any atom is 0.333 e. The second-order valence-corrected chi connectivity index (χ2v) is 5.92. The first-order valence-electron chi connectivity index (χ1n) is 8.13. The Morgan fingerprint density at radius 3 is 2.46 bits per heavy atom. The number of methoxy groups -OCH3 is 1. The van der Waals surface area contributed by atoms with Crippen LogP contribution in [0.25, 0.3) is 0 Å². The topological polar surface area (TPSA) is 79.5 Å². The van der Waals surface area contributed by atoms with E-state index < -0.39 is 11.9 Å². The molecular formula is C19H22FN3O3. The lowest BCUT2D eigenvalue weighted by molar-refractivity contribution is -0.121. The fourth-order valence-electron chi connectivity index (χ4n) is 2.46. The highest BCUT2D eigenvalue weighted by atomic mass is 19.1. The third kappa shape index (κ3) is 5.47. The number of rotatable bonds is 5. The van der Waals surface area contributed by atoms with Crippen LogP contribution in [0.3, 0.4) is 0 Å². The number of halogens is 1. The van der Waals surface area contributed by atoms with E-state index in [1.807, 2.05) is 32.0 Å². The van der Waals surface area contributed by atoms with Crippen molar-refractivity contribution in [1.29, 1.82) is 0 Å². The molecule has 0 fully saturated rings. The third-order valence-corrected chi connectivity index (χ3v) is 3.79. The van der Waals surface area contributed by atoms with Gasteiger partial charge in [-0.3, -0.25) is 10.2 Å². The molecule has 6 nitrogen and oxygen atoms in total. The van der Waals surface area contributed by atoms with Gasteiger partial charge in [0.05, 0.1) is 19.6 Å². The molecule has 3 N–H and O–H groups in total. The van der Waals surface area contributed by atoms with Gasteiger partial charge in [0.15, 0.2) is 0 Å². The van der Waals surface area contributed by atoms with Crippen molar-refractivity contribution in [3.63, 3.8) is 0 Å². The highest BCUT2D eigenvalue weighted by Gasteiger charge is 2.14. The molecule has 0 saturated carbocycles. The van der Waals surface area contributed by atoms with Gasteiger partial charge in [-0.25, -0.2) is 14.6 Å². The van der Waals surface area contributed by atoms with E-state index in [2.05, 4.69) is 16.2 Å². The van der Waals surface area contributed by atoms with Gasteiger partial charge < -0.3 is 10.1 Å². The van der Waals surface area contributed by atoms with Crippen LogP contribution < -0.4 is 20.9 Å². The maximum atomic E-state index is 12.8. The molecule has 0 spiro atoms. The Morgan fingerprint density at radius 1 is 1.12 bits per heavy atom. The smallest absolute Gasteiger partial charge is 0.333 e. The fourth-order valence-corrected chi connectivity index (χ4v) is 2.46. The number of ether oxygens (including phenoxy) is 1. The summed E-state index contributed by atoms with van der Waals surface area (Å²) in [5, 5.41) is 2.73. The molecule has 0 aliphatic heterocycles. The molecule has 0 aromatic heterocycles. The summed E-state index contributed by atoms with van der Waals surface area (Å²) in [5.41, 5.74) is 7.14. The van der Waals surface area contributed by atoms with E-state index >= 15 is 0 Å². The number of hydrazine groups is 1. The van der Waals surface area contributed by atoms with E-state index in [-0.39, 0.29) is 18.3 Å². The summed E-state index contributed by atoms with van der Waals surface area (Å²) in [6.07, 6.45) is 0.0296. The van der Waals surface area contributed by atoms with E-state index in [1.54, 1.807) is 7.11 Å². The summed E-state index contributed by atoms with van der Waals surface area (Å²) >= 11 is 0. The van der Waals surface area contributed by atoms with Crippen molar-refractivity contribution >= 4 is 11.9 Å². The van der Waals surface area contributed by atoms with Crippen molar-refractivity contribution in [1.82, 2.24) is 16.2 Å². The summed E-state index contributed by atoms with van der Waals surface area (Å²) < 4.78 is 18.2.